The maximum Gasteiger partial charge on any atom is 0.290 e. The summed E-state index contributed by atoms with van der Waals surface area (Å²) in [5, 5.41) is 37.7. The van der Waals surface area contributed by atoms with Crippen molar-refractivity contribution in [3.05, 3.63) is 53.9 Å². The lowest BCUT2D eigenvalue weighted by Gasteiger charge is -2.31. The van der Waals surface area contributed by atoms with Crippen LogP contribution >= 0.6 is 0 Å². The molecule has 9 N–H and O–H groups in total. The minimum Gasteiger partial charge on any atom is -0.508 e. The molecule has 1 fully saturated rings. The number of nitrogens with one attached hydrogen (secondary N) is 7. The number of carbonyl (C=O) groups is 8. The lowest BCUT2D eigenvalue weighted by molar-refractivity contribution is -0.144. The van der Waals surface area contributed by atoms with Gasteiger partial charge in [0.1, 0.15) is 54.0 Å². The molecule has 2 bridgehead atoms. The predicted octanol–water partition coefficient (Wildman–Crippen LogP) is 1.96. The first-order valence-electron chi connectivity index (χ1n) is 23.2. The van der Waals surface area contributed by atoms with Gasteiger partial charge in [-0.25, -0.2) is 4.98 Å². The smallest absolute Gasteiger partial charge is 0.290 e. The number of aromatic amines is 1. The van der Waals surface area contributed by atoms with E-state index < -0.39 is 89.5 Å². The summed E-state index contributed by atoms with van der Waals surface area (Å²) in [6.07, 6.45) is 6.05. The zero-order valence-corrected chi connectivity index (χ0v) is 39.0. The van der Waals surface area contributed by atoms with Gasteiger partial charge in [-0.05, 0) is 87.1 Å². The molecule has 0 radical (unpaired) electrons. The van der Waals surface area contributed by atoms with Crippen LogP contribution in [-0.2, 0) is 44.8 Å². The molecule has 2 aliphatic rings. The van der Waals surface area contributed by atoms with Crippen LogP contribution in [0.2, 0.25) is 0 Å². The van der Waals surface area contributed by atoms with Gasteiger partial charge in [0.05, 0.1) is 6.04 Å². The van der Waals surface area contributed by atoms with Crippen LogP contribution in [0.3, 0.4) is 0 Å². The molecule has 67 heavy (non-hydrogen) atoms. The monoisotopic (exact) mass is 931 g/mol. The molecule has 364 valence electrons. The van der Waals surface area contributed by atoms with Gasteiger partial charge in [0.25, 0.3) is 5.91 Å². The third-order valence-corrected chi connectivity index (χ3v) is 12.1. The van der Waals surface area contributed by atoms with E-state index in [1.165, 1.54) is 36.3 Å². The Kier molecular flexibility index (Phi) is 18.2. The quantitative estimate of drug-likeness (QED) is 0.118. The van der Waals surface area contributed by atoms with Gasteiger partial charge >= 0.3 is 0 Å². The van der Waals surface area contributed by atoms with Gasteiger partial charge in [0.2, 0.25) is 47.1 Å². The number of phenols is 1. The Morgan fingerprint density at radius 3 is 2.43 bits per heavy atom. The van der Waals surface area contributed by atoms with Crippen molar-refractivity contribution in [2.45, 2.75) is 142 Å². The van der Waals surface area contributed by atoms with Crippen LogP contribution in [0.25, 0.3) is 17.0 Å². The van der Waals surface area contributed by atoms with Crippen molar-refractivity contribution >= 4 is 64.1 Å². The van der Waals surface area contributed by atoms with Gasteiger partial charge in [0.15, 0.2) is 0 Å². The fourth-order valence-electron chi connectivity index (χ4n) is 8.15. The SMILES string of the molecule is CCCC(NC(=O)C(O)C(C)CC)C(=O)NC1CCCNC(=O)C(Cc2c[nH]c3ccc(O)cc23)NC(=O)/C=C\c2coc(n2)C(C)NC(=O)C(=O)C(CC(C)C)NC(=O)C2CCCN2C1=O. The number of phenolic OH excluding ortho intramolecular Hbond substituents is 1. The summed E-state index contributed by atoms with van der Waals surface area (Å²) < 4.78 is 5.55. The van der Waals surface area contributed by atoms with Crippen LogP contribution in [0.5, 0.6) is 5.75 Å². The van der Waals surface area contributed by atoms with Gasteiger partial charge in [-0.3, -0.25) is 38.4 Å². The van der Waals surface area contributed by atoms with Crippen LogP contribution in [0.4, 0.5) is 0 Å². The van der Waals surface area contributed by atoms with Gasteiger partial charge in [0, 0.05) is 42.7 Å². The molecular formula is C47H65N9O11. The summed E-state index contributed by atoms with van der Waals surface area (Å²) in [6.45, 7) is 10.6. The average Bonchev–Trinajstić information content (AvgIpc) is 4.08. The zero-order chi connectivity index (χ0) is 48.9. The molecule has 7 amide bonds. The van der Waals surface area contributed by atoms with Crippen molar-refractivity contribution in [3.63, 3.8) is 0 Å². The number of aromatic hydroxyl groups is 1. The molecule has 20 nitrogen and oxygen atoms in total. The highest BCUT2D eigenvalue weighted by atomic mass is 16.3. The topological polar surface area (TPSA) is 294 Å². The van der Waals surface area contributed by atoms with Crippen molar-refractivity contribution in [3.8, 4) is 5.75 Å². The zero-order valence-electron chi connectivity index (χ0n) is 39.0. The minimum absolute atomic E-state index is 0.00276. The Bertz CT molecular complexity index is 2300. The van der Waals surface area contributed by atoms with E-state index in [0.29, 0.717) is 35.7 Å². The Hall–Kier alpha value is -6.57. The van der Waals surface area contributed by atoms with Crippen LogP contribution in [0.1, 0.15) is 116 Å². The Balaban J connectivity index is 1.46. The summed E-state index contributed by atoms with van der Waals surface area (Å²) in [4.78, 5) is 119. The third kappa shape index (κ3) is 13.7. The molecule has 1 saturated heterocycles. The number of aliphatic hydroxyl groups is 1. The molecule has 0 saturated carbocycles. The van der Waals surface area contributed by atoms with Gasteiger partial charge in [-0.15, -0.1) is 0 Å². The van der Waals surface area contributed by atoms with Crippen molar-refractivity contribution in [1.82, 2.24) is 46.8 Å². The maximum absolute atomic E-state index is 14.6. The van der Waals surface area contributed by atoms with E-state index in [9.17, 15) is 48.6 Å². The Labute approximate surface area is 389 Å². The first-order chi connectivity index (χ1) is 31.9. The van der Waals surface area contributed by atoms with Crippen molar-refractivity contribution in [2.75, 3.05) is 13.1 Å². The number of H-pyrrole nitrogens is 1. The predicted molar refractivity (Wildman–Crippen MR) is 245 cm³/mol. The average molecular weight is 932 g/mol. The third-order valence-electron chi connectivity index (χ3n) is 12.1. The van der Waals surface area contributed by atoms with Crippen molar-refractivity contribution in [1.29, 1.82) is 0 Å². The summed E-state index contributed by atoms with van der Waals surface area (Å²) in [7, 11) is 0. The number of fused-ring (bicyclic) bond motifs is 4. The van der Waals surface area contributed by atoms with E-state index in [1.807, 2.05) is 27.7 Å². The lowest BCUT2D eigenvalue weighted by atomic mass is 9.98. The number of aromatic nitrogens is 2. The first-order valence-corrected chi connectivity index (χ1v) is 23.2. The molecule has 20 heteroatoms. The number of benzene rings is 1. The minimum atomic E-state index is -1.37. The second-order valence-corrected chi connectivity index (χ2v) is 17.9. The number of ketones is 1. The number of hydrogen-bond donors (Lipinski definition) is 9. The highest BCUT2D eigenvalue weighted by Gasteiger charge is 2.40. The largest absolute Gasteiger partial charge is 0.508 e. The van der Waals surface area contributed by atoms with Gasteiger partial charge in [-0.2, -0.15) is 0 Å². The van der Waals surface area contributed by atoms with E-state index >= 15 is 0 Å². The normalized spacial score (nSPS) is 23.5. The number of hydrogen-bond acceptors (Lipinski definition) is 12. The molecule has 8 atom stereocenters. The van der Waals surface area contributed by atoms with Crippen LogP contribution in [0, 0.1) is 11.8 Å². The summed E-state index contributed by atoms with van der Waals surface area (Å²) >= 11 is 0. The summed E-state index contributed by atoms with van der Waals surface area (Å²) in [6, 6.07) is -2.01. The lowest BCUT2D eigenvalue weighted by Crippen LogP contribution is -2.58. The fraction of sp³-hybridized carbons (Fsp3) is 0.553. The number of amides is 7. The van der Waals surface area contributed by atoms with E-state index in [0.717, 1.165) is 6.08 Å². The standard InChI is InChI=1S/C47H65N9O11/c1-7-11-33(53-44(64)39(59)26(5)8-2)42(62)54-34-12-9-18-48-41(61)36(21-28-23-49-32-16-15-30(57)22-31(28)32)52-38(58)17-14-29-24-67-46(51-29)27(6)50-45(65)40(60)35(20-25(3)4)55-43(63)37-13-10-19-56(37)47(34)66/h14-17,22-27,33-37,39,49,57,59H,7-13,18-21H2,1-6H3,(H,48,61)(H,50,65)(H,52,58)(H,53,64)(H,54,62)(H,55,63)/b17-14-. The summed E-state index contributed by atoms with van der Waals surface area (Å²) in [5.74, 6) is -6.34. The first kappa shape index (κ1) is 51.4. The highest BCUT2D eigenvalue weighted by Crippen LogP contribution is 2.25. The summed E-state index contributed by atoms with van der Waals surface area (Å²) in [5.41, 5.74) is 1.52. The molecule has 4 heterocycles. The number of oxazole rings is 1. The van der Waals surface area contributed by atoms with Gasteiger partial charge < -0.3 is 56.4 Å². The number of Topliss-reactive ketones (excluding diaryl/α,β-unsaturated/α-hetero) is 1. The fourth-order valence-corrected chi connectivity index (χ4v) is 8.15. The van der Waals surface area contributed by atoms with Crippen LogP contribution < -0.4 is 31.9 Å². The van der Waals surface area contributed by atoms with E-state index in [-0.39, 0.29) is 80.8 Å². The van der Waals surface area contributed by atoms with Crippen molar-refractivity contribution in [2.24, 2.45) is 11.8 Å². The van der Waals surface area contributed by atoms with Crippen LogP contribution in [-0.4, -0.2) is 122 Å². The maximum atomic E-state index is 14.6. The van der Waals surface area contributed by atoms with E-state index in [1.54, 1.807) is 19.2 Å². The number of rotatable bonds is 12. The number of carbonyl (C=O) groups excluding carboxylic acids is 8. The molecule has 0 aliphatic carbocycles. The van der Waals surface area contributed by atoms with Crippen LogP contribution in [0.15, 0.2) is 41.2 Å². The molecule has 8 unspecified atom stereocenters. The second-order valence-electron chi connectivity index (χ2n) is 17.9. The molecule has 2 aliphatic heterocycles. The number of nitrogens with zero attached hydrogens (tertiary/aromatic N) is 2. The Morgan fingerprint density at radius 1 is 0.955 bits per heavy atom. The van der Waals surface area contributed by atoms with Crippen molar-refractivity contribution < 1.29 is 53.0 Å². The molecule has 3 aromatic rings. The Morgan fingerprint density at radius 2 is 1.72 bits per heavy atom. The van der Waals surface area contributed by atoms with Gasteiger partial charge in [-0.1, -0.05) is 47.5 Å². The highest BCUT2D eigenvalue weighted by molar-refractivity contribution is 6.38. The molecule has 5 rings (SSSR count). The molecule has 0 spiro atoms. The number of aliphatic hydroxyl groups excluding tert-OH is 1. The molecular weight excluding hydrogens is 867 g/mol. The molecule has 1 aromatic carbocycles. The second kappa shape index (κ2) is 23.7. The van der Waals surface area contributed by atoms with E-state index in [4.69, 9.17) is 4.42 Å². The molecule has 2 aromatic heterocycles. The van der Waals surface area contributed by atoms with E-state index in [2.05, 4.69) is 41.9 Å².